The molecule has 2 aromatic rings. The third-order valence-electron chi connectivity index (χ3n) is 3.98. The number of amides is 1. The van der Waals surface area contributed by atoms with Gasteiger partial charge in [-0.2, -0.15) is 0 Å². The fraction of sp³-hybridized carbons (Fsp3) is 0.238. The van der Waals surface area contributed by atoms with Gasteiger partial charge in [0.25, 0.3) is 5.91 Å². The Hall–Kier alpha value is -3.06. The van der Waals surface area contributed by atoms with Gasteiger partial charge in [0.1, 0.15) is 6.04 Å². The Labute approximate surface area is 148 Å². The second-order valence-corrected chi connectivity index (χ2v) is 6.07. The van der Waals surface area contributed by atoms with Crippen molar-refractivity contribution >= 4 is 11.9 Å². The maximum absolute atomic E-state index is 12.9. The van der Waals surface area contributed by atoms with Crippen LogP contribution < -0.4 is 0 Å². The Kier molecular flexibility index (Phi) is 5.97. The van der Waals surface area contributed by atoms with Gasteiger partial charge in [0.2, 0.25) is 0 Å². The Morgan fingerprint density at radius 1 is 1.08 bits per heavy atom. The highest BCUT2D eigenvalue weighted by molar-refractivity contribution is 5.97. The Bertz CT molecular complexity index is 773. The Morgan fingerprint density at radius 3 is 2.16 bits per heavy atom. The fourth-order valence-electron chi connectivity index (χ4n) is 2.74. The molecule has 0 unspecified atom stereocenters. The lowest BCUT2D eigenvalue weighted by molar-refractivity contribution is -0.143. The van der Waals surface area contributed by atoms with Crippen LogP contribution in [0, 0.1) is 12.3 Å². The van der Waals surface area contributed by atoms with Crippen molar-refractivity contribution < 1.29 is 14.7 Å². The number of carbonyl (C=O) groups is 2. The summed E-state index contributed by atoms with van der Waals surface area (Å²) in [7, 11) is 0. The molecule has 0 fully saturated rings. The number of rotatable bonds is 6. The van der Waals surface area contributed by atoms with Gasteiger partial charge in [0, 0.05) is 23.6 Å². The minimum atomic E-state index is -1.02. The lowest BCUT2D eigenvalue weighted by atomic mass is 10.0. The van der Waals surface area contributed by atoms with Crippen LogP contribution in [0.15, 0.2) is 54.6 Å². The summed E-state index contributed by atoms with van der Waals surface area (Å²) in [5.41, 5.74) is 1.97. The van der Waals surface area contributed by atoms with E-state index in [2.05, 4.69) is 5.92 Å². The molecule has 0 aliphatic carbocycles. The summed E-state index contributed by atoms with van der Waals surface area (Å²) in [5.74, 6) is 1.16. The molecule has 128 valence electrons. The molecular weight excluding hydrogens is 314 g/mol. The van der Waals surface area contributed by atoms with Crippen molar-refractivity contribution in [3.63, 3.8) is 0 Å². The number of aliphatic carboxylic acids is 1. The molecule has 1 N–H and O–H groups in total. The zero-order chi connectivity index (χ0) is 18.4. The van der Waals surface area contributed by atoms with Crippen LogP contribution in [0.3, 0.4) is 0 Å². The van der Waals surface area contributed by atoms with E-state index in [9.17, 15) is 14.7 Å². The smallest absolute Gasteiger partial charge is 0.326 e. The van der Waals surface area contributed by atoms with Gasteiger partial charge >= 0.3 is 5.97 Å². The number of benzene rings is 2. The van der Waals surface area contributed by atoms with Gasteiger partial charge in [-0.15, -0.1) is 6.42 Å². The lowest BCUT2D eigenvalue weighted by Gasteiger charge is -2.32. The van der Waals surface area contributed by atoms with E-state index in [1.807, 2.05) is 44.2 Å². The van der Waals surface area contributed by atoms with Crippen molar-refractivity contribution in [2.75, 3.05) is 0 Å². The zero-order valence-electron chi connectivity index (χ0n) is 14.3. The molecule has 4 heteroatoms. The van der Waals surface area contributed by atoms with Gasteiger partial charge in [-0.3, -0.25) is 4.79 Å². The predicted octanol–water partition coefficient (Wildman–Crippen LogP) is 3.21. The summed E-state index contributed by atoms with van der Waals surface area (Å²) in [6.07, 6.45) is 5.59. The maximum Gasteiger partial charge on any atom is 0.326 e. The van der Waals surface area contributed by atoms with Crippen LogP contribution >= 0.6 is 0 Å². The summed E-state index contributed by atoms with van der Waals surface area (Å²) in [5, 5.41) is 9.71. The molecule has 1 atom stereocenters. The number of terminal acetylenes is 1. The summed E-state index contributed by atoms with van der Waals surface area (Å²) in [6.45, 7) is 3.63. The predicted molar refractivity (Wildman–Crippen MR) is 97.3 cm³/mol. The third kappa shape index (κ3) is 4.48. The number of carboxylic acids is 1. The minimum Gasteiger partial charge on any atom is -0.480 e. The molecule has 0 saturated heterocycles. The van der Waals surface area contributed by atoms with Gasteiger partial charge in [-0.05, 0) is 43.7 Å². The van der Waals surface area contributed by atoms with Gasteiger partial charge in [-0.25, -0.2) is 4.79 Å². The van der Waals surface area contributed by atoms with E-state index in [1.165, 1.54) is 4.90 Å². The van der Waals surface area contributed by atoms with Crippen molar-refractivity contribution in [3.05, 3.63) is 71.3 Å². The summed E-state index contributed by atoms with van der Waals surface area (Å²) in [4.78, 5) is 26.2. The van der Waals surface area contributed by atoms with Crippen LogP contribution in [0.25, 0.3) is 0 Å². The van der Waals surface area contributed by atoms with Gasteiger partial charge < -0.3 is 10.0 Å². The average molecular weight is 335 g/mol. The SMILES string of the molecule is C#Cc1ccc(C(=O)N(C(C)C)[C@@H](Cc2ccccc2)C(=O)O)cc1. The van der Waals surface area contributed by atoms with E-state index in [1.54, 1.807) is 24.3 Å². The molecular formula is C21H21NO3. The van der Waals surface area contributed by atoms with Gasteiger partial charge in [-0.1, -0.05) is 36.3 Å². The molecule has 0 aliphatic rings. The second-order valence-electron chi connectivity index (χ2n) is 6.07. The largest absolute Gasteiger partial charge is 0.480 e. The second kappa shape index (κ2) is 8.16. The van der Waals surface area contributed by atoms with Crippen LogP contribution in [-0.2, 0) is 11.2 Å². The Balaban J connectivity index is 2.33. The first-order chi connectivity index (χ1) is 11.9. The van der Waals surface area contributed by atoms with E-state index in [-0.39, 0.29) is 18.4 Å². The first-order valence-corrected chi connectivity index (χ1v) is 8.10. The number of carboxylic acid groups (broad SMARTS) is 1. The molecule has 0 radical (unpaired) electrons. The third-order valence-corrected chi connectivity index (χ3v) is 3.98. The summed E-state index contributed by atoms with van der Waals surface area (Å²) >= 11 is 0. The van der Waals surface area contributed by atoms with Crippen LogP contribution in [0.1, 0.15) is 35.3 Å². The highest BCUT2D eigenvalue weighted by Crippen LogP contribution is 2.17. The molecule has 0 spiro atoms. The van der Waals surface area contributed by atoms with E-state index < -0.39 is 12.0 Å². The zero-order valence-corrected chi connectivity index (χ0v) is 14.3. The first-order valence-electron chi connectivity index (χ1n) is 8.10. The molecule has 1 amide bonds. The molecule has 2 rings (SSSR count). The van der Waals surface area contributed by atoms with Crippen molar-refractivity contribution in [2.45, 2.75) is 32.4 Å². The van der Waals surface area contributed by atoms with Crippen molar-refractivity contribution in [1.29, 1.82) is 0 Å². The normalized spacial score (nSPS) is 11.6. The molecule has 0 bridgehead atoms. The first kappa shape index (κ1) is 18.3. The van der Waals surface area contributed by atoms with Gasteiger partial charge in [0.15, 0.2) is 0 Å². The highest BCUT2D eigenvalue weighted by Gasteiger charge is 2.32. The monoisotopic (exact) mass is 335 g/mol. The molecule has 0 heterocycles. The van der Waals surface area contributed by atoms with E-state index in [4.69, 9.17) is 6.42 Å². The molecule has 0 saturated carbocycles. The highest BCUT2D eigenvalue weighted by atomic mass is 16.4. The molecule has 2 aromatic carbocycles. The lowest BCUT2D eigenvalue weighted by Crippen LogP contribution is -2.50. The molecule has 0 aromatic heterocycles. The molecule has 4 nitrogen and oxygen atoms in total. The van der Waals surface area contributed by atoms with Crippen LogP contribution in [-0.4, -0.2) is 34.0 Å². The van der Waals surface area contributed by atoms with Crippen molar-refractivity contribution in [3.8, 4) is 12.3 Å². The fourth-order valence-corrected chi connectivity index (χ4v) is 2.74. The van der Waals surface area contributed by atoms with Crippen molar-refractivity contribution in [1.82, 2.24) is 4.90 Å². The van der Waals surface area contributed by atoms with E-state index in [0.717, 1.165) is 5.56 Å². The van der Waals surface area contributed by atoms with Crippen LogP contribution in [0.2, 0.25) is 0 Å². The quantitative estimate of drug-likeness (QED) is 0.825. The van der Waals surface area contributed by atoms with Gasteiger partial charge in [0.05, 0.1) is 0 Å². The number of hydrogen-bond donors (Lipinski definition) is 1. The summed E-state index contributed by atoms with van der Waals surface area (Å²) in [6, 6.07) is 14.7. The average Bonchev–Trinajstić information content (AvgIpc) is 2.61. The number of hydrogen-bond acceptors (Lipinski definition) is 2. The van der Waals surface area contributed by atoms with Crippen LogP contribution in [0.5, 0.6) is 0 Å². The molecule has 0 aliphatic heterocycles. The number of nitrogens with zero attached hydrogens (tertiary/aromatic N) is 1. The number of carbonyl (C=O) groups excluding carboxylic acids is 1. The minimum absolute atomic E-state index is 0.253. The van der Waals surface area contributed by atoms with Crippen molar-refractivity contribution in [2.24, 2.45) is 0 Å². The maximum atomic E-state index is 12.9. The Morgan fingerprint density at radius 2 is 1.68 bits per heavy atom. The van der Waals surface area contributed by atoms with Crippen LogP contribution in [0.4, 0.5) is 0 Å². The summed E-state index contributed by atoms with van der Waals surface area (Å²) < 4.78 is 0. The standard InChI is InChI=1S/C21H21NO3/c1-4-16-10-12-18(13-11-16)20(23)22(15(2)3)19(21(24)25)14-17-8-6-5-7-9-17/h1,5-13,15,19H,14H2,2-3H3,(H,24,25)/t19-/m0/s1. The molecule has 25 heavy (non-hydrogen) atoms. The van der Waals surface area contributed by atoms with E-state index in [0.29, 0.717) is 11.1 Å². The topological polar surface area (TPSA) is 57.6 Å². The van der Waals surface area contributed by atoms with E-state index >= 15 is 0 Å².